The SMILES string of the molecule is COc1cccc(Sc2ncc(C)cn2)c1[C@H](C)N. The first-order chi connectivity index (χ1) is 9.11. The molecule has 2 N–H and O–H groups in total. The van der Waals surface area contributed by atoms with Crippen LogP contribution in [0, 0.1) is 6.92 Å². The molecule has 5 heteroatoms. The number of nitrogens with two attached hydrogens (primary N) is 1. The Balaban J connectivity index is 2.36. The Labute approximate surface area is 117 Å². The van der Waals surface area contributed by atoms with Gasteiger partial charge in [0.2, 0.25) is 0 Å². The normalized spacial score (nSPS) is 12.2. The quantitative estimate of drug-likeness (QED) is 0.869. The highest BCUT2D eigenvalue weighted by Crippen LogP contribution is 2.36. The highest BCUT2D eigenvalue weighted by Gasteiger charge is 2.14. The van der Waals surface area contributed by atoms with E-state index in [-0.39, 0.29) is 6.04 Å². The topological polar surface area (TPSA) is 61.0 Å². The van der Waals surface area contributed by atoms with E-state index in [4.69, 9.17) is 10.5 Å². The number of hydrogen-bond acceptors (Lipinski definition) is 5. The van der Waals surface area contributed by atoms with Gasteiger partial charge in [0.1, 0.15) is 5.75 Å². The zero-order chi connectivity index (χ0) is 13.8. The van der Waals surface area contributed by atoms with E-state index in [2.05, 4.69) is 9.97 Å². The van der Waals surface area contributed by atoms with E-state index in [9.17, 15) is 0 Å². The molecule has 4 nitrogen and oxygen atoms in total. The first-order valence-electron chi connectivity index (χ1n) is 6.00. The molecule has 0 radical (unpaired) electrons. The molecule has 0 aliphatic heterocycles. The van der Waals surface area contributed by atoms with Crippen LogP contribution in [-0.2, 0) is 0 Å². The Morgan fingerprint density at radius 2 is 1.95 bits per heavy atom. The molecule has 0 unspecified atom stereocenters. The van der Waals surface area contributed by atoms with Crippen LogP contribution in [-0.4, -0.2) is 17.1 Å². The molecule has 2 rings (SSSR count). The number of ether oxygens (including phenoxy) is 1. The molecule has 2 aromatic rings. The highest BCUT2D eigenvalue weighted by molar-refractivity contribution is 7.99. The van der Waals surface area contributed by atoms with Gasteiger partial charge >= 0.3 is 0 Å². The number of rotatable bonds is 4. The summed E-state index contributed by atoms with van der Waals surface area (Å²) in [6, 6.07) is 5.76. The fourth-order valence-electron chi connectivity index (χ4n) is 1.77. The number of benzene rings is 1. The van der Waals surface area contributed by atoms with E-state index >= 15 is 0 Å². The summed E-state index contributed by atoms with van der Waals surface area (Å²) < 4.78 is 5.37. The molecule has 0 amide bonds. The summed E-state index contributed by atoms with van der Waals surface area (Å²) in [7, 11) is 1.65. The van der Waals surface area contributed by atoms with Gasteiger partial charge in [0.25, 0.3) is 0 Å². The van der Waals surface area contributed by atoms with E-state index < -0.39 is 0 Å². The van der Waals surface area contributed by atoms with Gasteiger partial charge in [-0.25, -0.2) is 9.97 Å². The van der Waals surface area contributed by atoms with Crippen molar-refractivity contribution in [2.45, 2.75) is 29.9 Å². The lowest BCUT2D eigenvalue weighted by atomic mass is 10.1. The summed E-state index contributed by atoms with van der Waals surface area (Å²) in [6.07, 6.45) is 3.61. The van der Waals surface area contributed by atoms with Crippen molar-refractivity contribution in [3.63, 3.8) is 0 Å². The summed E-state index contributed by atoms with van der Waals surface area (Å²) in [5.41, 5.74) is 8.06. The van der Waals surface area contributed by atoms with Crippen LogP contribution in [0.5, 0.6) is 5.75 Å². The van der Waals surface area contributed by atoms with E-state index in [1.54, 1.807) is 19.5 Å². The maximum Gasteiger partial charge on any atom is 0.192 e. The predicted octanol–water partition coefficient (Wildman–Crippen LogP) is 2.96. The number of methoxy groups -OCH3 is 1. The molecule has 0 bridgehead atoms. The van der Waals surface area contributed by atoms with Crippen LogP contribution in [0.25, 0.3) is 0 Å². The molecule has 0 fully saturated rings. The van der Waals surface area contributed by atoms with Crippen molar-refractivity contribution in [3.05, 3.63) is 41.7 Å². The largest absolute Gasteiger partial charge is 0.496 e. The van der Waals surface area contributed by atoms with Crippen molar-refractivity contribution in [2.24, 2.45) is 5.73 Å². The van der Waals surface area contributed by atoms with Crippen LogP contribution in [0.3, 0.4) is 0 Å². The molecule has 0 saturated heterocycles. The lowest BCUT2D eigenvalue weighted by molar-refractivity contribution is 0.405. The Hall–Kier alpha value is -1.59. The van der Waals surface area contributed by atoms with Crippen molar-refractivity contribution in [1.82, 2.24) is 9.97 Å². The fourth-order valence-corrected chi connectivity index (χ4v) is 2.72. The standard InChI is InChI=1S/C14H17N3OS/c1-9-7-16-14(17-8-9)19-12-6-4-5-11(18-3)13(12)10(2)15/h4-8,10H,15H2,1-3H3/t10-/m0/s1. The van der Waals surface area contributed by atoms with Crippen LogP contribution < -0.4 is 10.5 Å². The second-order valence-corrected chi connectivity index (χ2v) is 5.31. The monoisotopic (exact) mass is 275 g/mol. The molecule has 0 aliphatic carbocycles. The number of aryl methyl sites for hydroxylation is 1. The zero-order valence-electron chi connectivity index (χ0n) is 11.3. The van der Waals surface area contributed by atoms with Crippen molar-refractivity contribution < 1.29 is 4.74 Å². The third kappa shape index (κ3) is 3.24. The van der Waals surface area contributed by atoms with Crippen LogP contribution >= 0.6 is 11.8 Å². The predicted molar refractivity (Wildman–Crippen MR) is 76.5 cm³/mol. The van der Waals surface area contributed by atoms with Crippen LogP contribution in [0.15, 0.2) is 40.6 Å². The van der Waals surface area contributed by atoms with Crippen LogP contribution in [0.2, 0.25) is 0 Å². The summed E-state index contributed by atoms with van der Waals surface area (Å²) in [5.74, 6) is 0.798. The van der Waals surface area contributed by atoms with Gasteiger partial charge in [-0.2, -0.15) is 0 Å². The third-order valence-corrected chi connectivity index (χ3v) is 3.63. The Morgan fingerprint density at radius 1 is 1.26 bits per heavy atom. The van der Waals surface area contributed by atoms with E-state index in [1.165, 1.54) is 11.8 Å². The molecule has 0 saturated carbocycles. The summed E-state index contributed by atoms with van der Waals surface area (Å²) in [4.78, 5) is 9.63. The average molecular weight is 275 g/mol. The second kappa shape index (κ2) is 6.04. The zero-order valence-corrected chi connectivity index (χ0v) is 12.1. The molecule has 0 aliphatic rings. The molecule has 1 aromatic carbocycles. The molecule has 0 spiro atoms. The maximum atomic E-state index is 6.03. The summed E-state index contributed by atoms with van der Waals surface area (Å²) >= 11 is 1.50. The average Bonchev–Trinajstić information content (AvgIpc) is 2.40. The van der Waals surface area contributed by atoms with Gasteiger partial charge in [0.05, 0.1) is 7.11 Å². The fraction of sp³-hybridized carbons (Fsp3) is 0.286. The molecule has 19 heavy (non-hydrogen) atoms. The first kappa shape index (κ1) is 13.8. The minimum atomic E-state index is -0.107. The van der Waals surface area contributed by atoms with Crippen molar-refractivity contribution in [2.75, 3.05) is 7.11 Å². The molecule has 1 atom stereocenters. The van der Waals surface area contributed by atoms with Gasteiger partial charge in [-0.1, -0.05) is 6.07 Å². The number of hydrogen-bond donors (Lipinski definition) is 1. The van der Waals surface area contributed by atoms with Gasteiger partial charge in [-0.05, 0) is 43.3 Å². The van der Waals surface area contributed by atoms with E-state index in [1.807, 2.05) is 32.0 Å². The van der Waals surface area contributed by atoms with Crippen molar-refractivity contribution >= 4 is 11.8 Å². The summed E-state index contributed by atoms with van der Waals surface area (Å²) in [5, 5.41) is 0.709. The Kier molecular flexibility index (Phi) is 4.39. The summed E-state index contributed by atoms with van der Waals surface area (Å²) in [6.45, 7) is 3.91. The lowest BCUT2D eigenvalue weighted by Gasteiger charge is -2.15. The van der Waals surface area contributed by atoms with Gasteiger partial charge in [0.15, 0.2) is 5.16 Å². The Morgan fingerprint density at radius 3 is 2.53 bits per heavy atom. The minimum absolute atomic E-state index is 0.107. The highest BCUT2D eigenvalue weighted by atomic mass is 32.2. The van der Waals surface area contributed by atoms with Crippen molar-refractivity contribution in [3.8, 4) is 5.75 Å². The minimum Gasteiger partial charge on any atom is -0.496 e. The second-order valence-electron chi connectivity index (χ2n) is 4.31. The smallest absolute Gasteiger partial charge is 0.192 e. The maximum absolute atomic E-state index is 6.03. The molecular weight excluding hydrogens is 258 g/mol. The van der Waals surface area contributed by atoms with Crippen molar-refractivity contribution in [1.29, 1.82) is 0 Å². The van der Waals surface area contributed by atoms with Gasteiger partial charge < -0.3 is 10.5 Å². The third-order valence-electron chi connectivity index (χ3n) is 2.66. The van der Waals surface area contributed by atoms with E-state index in [0.717, 1.165) is 21.8 Å². The molecule has 1 heterocycles. The van der Waals surface area contributed by atoms with Gasteiger partial charge in [-0.15, -0.1) is 0 Å². The molecular formula is C14H17N3OS. The van der Waals surface area contributed by atoms with Crippen LogP contribution in [0.4, 0.5) is 0 Å². The van der Waals surface area contributed by atoms with Gasteiger partial charge in [-0.3, -0.25) is 0 Å². The molecule has 1 aromatic heterocycles. The van der Waals surface area contributed by atoms with Gasteiger partial charge in [0, 0.05) is 28.9 Å². The number of nitrogens with zero attached hydrogens (tertiary/aromatic N) is 2. The number of aromatic nitrogens is 2. The van der Waals surface area contributed by atoms with Crippen LogP contribution in [0.1, 0.15) is 24.1 Å². The lowest BCUT2D eigenvalue weighted by Crippen LogP contribution is -2.08. The Bertz CT molecular complexity index is 555. The molecule has 100 valence electrons. The van der Waals surface area contributed by atoms with E-state index in [0.29, 0.717) is 5.16 Å². The first-order valence-corrected chi connectivity index (χ1v) is 6.82.